The number of carbonyl (C=O) groups excluding carboxylic acids is 1. The van der Waals surface area contributed by atoms with E-state index in [4.69, 9.17) is 4.42 Å². The quantitative estimate of drug-likeness (QED) is 0.653. The molecule has 3 rings (SSSR count). The molecule has 3 aromatic rings. The molecule has 0 aliphatic rings. The fourth-order valence-electron chi connectivity index (χ4n) is 2.88. The van der Waals surface area contributed by atoms with Crippen LogP contribution in [-0.4, -0.2) is 19.0 Å². The van der Waals surface area contributed by atoms with E-state index in [0.717, 1.165) is 11.3 Å². The molecule has 0 aliphatic heterocycles. The lowest BCUT2D eigenvalue weighted by Gasteiger charge is -2.14. The van der Waals surface area contributed by atoms with E-state index in [1.54, 1.807) is 24.5 Å². The van der Waals surface area contributed by atoms with Gasteiger partial charge >= 0.3 is 0 Å². The molecule has 1 aromatic heterocycles. The molecule has 1 amide bonds. The van der Waals surface area contributed by atoms with Gasteiger partial charge in [-0.05, 0) is 30.2 Å². The first-order chi connectivity index (χ1) is 12.7. The van der Waals surface area contributed by atoms with Crippen LogP contribution in [0.2, 0.25) is 0 Å². The Morgan fingerprint density at radius 1 is 1.04 bits per heavy atom. The molecule has 4 nitrogen and oxygen atoms in total. The summed E-state index contributed by atoms with van der Waals surface area (Å²) in [5, 5.41) is 4.78. The normalized spacial score (nSPS) is 11.9. The van der Waals surface area contributed by atoms with Gasteiger partial charge in [-0.2, -0.15) is 0 Å². The Morgan fingerprint density at radius 3 is 2.54 bits per heavy atom. The number of hydrogen-bond donors (Lipinski definition) is 2. The highest BCUT2D eigenvalue weighted by atomic mass is 19.1. The first kappa shape index (κ1) is 17.9. The minimum Gasteiger partial charge on any atom is -0.463 e. The second-order valence-electron chi connectivity index (χ2n) is 6.03. The van der Waals surface area contributed by atoms with Gasteiger partial charge in [0.2, 0.25) is 0 Å². The molecular weight excluding hydrogens is 331 g/mol. The zero-order chi connectivity index (χ0) is 18.2. The minimum atomic E-state index is -0.240. The predicted octanol–water partition coefficient (Wildman–Crippen LogP) is 2.43. The van der Waals surface area contributed by atoms with Crippen LogP contribution < -0.4 is 10.6 Å². The van der Waals surface area contributed by atoms with Crippen molar-refractivity contribution >= 4 is 5.91 Å². The minimum absolute atomic E-state index is 0.0801. The summed E-state index contributed by atoms with van der Waals surface area (Å²) < 4.78 is 19.1. The first-order valence-corrected chi connectivity index (χ1v) is 8.66. The number of hydrogen-bond acceptors (Lipinski definition) is 2. The summed E-state index contributed by atoms with van der Waals surface area (Å²) in [7, 11) is 0. The van der Waals surface area contributed by atoms with Crippen LogP contribution in [0.1, 0.15) is 22.9 Å². The van der Waals surface area contributed by atoms with E-state index in [-0.39, 0.29) is 24.3 Å². The summed E-state index contributed by atoms with van der Waals surface area (Å²) >= 11 is 0. The summed E-state index contributed by atoms with van der Waals surface area (Å²) in [4.78, 5) is 12.2. The molecule has 0 aliphatic carbocycles. The van der Waals surface area contributed by atoms with Gasteiger partial charge in [-0.25, -0.2) is 4.39 Å². The van der Waals surface area contributed by atoms with Crippen molar-refractivity contribution in [2.75, 3.05) is 13.1 Å². The van der Waals surface area contributed by atoms with Crippen molar-refractivity contribution < 1.29 is 18.9 Å². The molecule has 5 heteroatoms. The molecule has 0 bridgehead atoms. The molecule has 0 saturated carbocycles. The van der Waals surface area contributed by atoms with Gasteiger partial charge in [0, 0.05) is 12.1 Å². The third-order valence-corrected chi connectivity index (χ3v) is 4.22. The summed E-state index contributed by atoms with van der Waals surface area (Å²) in [6.07, 6.45) is 2.10. The average Bonchev–Trinajstić information content (AvgIpc) is 3.19. The molecule has 1 atom stereocenters. The SMILES string of the molecule is O=C(C[NH2+][C@H](c1ccccc1)c1ccco1)NCCc1ccccc1F. The number of rotatable bonds is 8. The Kier molecular flexibility index (Phi) is 6.17. The highest BCUT2D eigenvalue weighted by molar-refractivity contribution is 5.76. The topological polar surface area (TPSA) is 58.9 Å². The van der Waals surface area contributed by atoms with Gasteiger partial charge in [-0.1, -0.05) is 48.5 Å². The number of quaternary nitrogens is 1. The summed E-state index contributed by atoms with van der Waals surface area (Å²) in [5.74, 6) is 0.472. The van der Waals surface area contributed by atoms with E-state index in [2.05, 4.69) is 5.32 Å². The number of nitrogens with one attached hydrogen (secondary N) is 1. The van der Waals surface area contributed by atoms with Crippen LogP contribution in [0.5, 0.6) is 0 Å². The maximum absolute atomic E-state index is 13.6. The van der Waals surface area contributed by atoms with Crippen LogP contribution in [0.3, 0.4) is 0 Å². The van der Waals surface area contributed by atoms with Gasteiger partial charge in [0.15, 0.2) is 18.3 Å². The Hall–Kier alpha value is -2.92. The molecule has 134 valence electrons. The third kappa shape index (κ3) is 4.80. The molecule has 0 radical (unpaired) electrons. The second-order valence-corrected chi connectivity index (χ2v) is 6.03. The fourth-order valence-corrected chi connectivity index (χ4v) is 2.88. The van der Waals surface area contributed by atoms with E-state index in [1.807, 2.05) is 47.8 Å². The molecular formula is C21H22FN2O2+. The lowest BCUT2D eigenvalue weighted by molar-refractivity contribution is -0.678. The summed E-state index contributed by atoms with van der Waals surface area (Å²) in [6, 6.07) is 20.2. The van der Waals surface area contributed by atoms with E-state index in [0.29, 0.717) is 18.5 Å². The van der Waals surface area contributed by atoms with Crippen molar-refractivity contribution in [1.82, 2.24) is 5.32 Å². The molecule has 1 heterocycles. The third-order valence-electron chi connectivity index (χ3n) is 4.22. The van der Waals surface area contributed by atoms with Gasteiger partial charge in [-0.3, -0.25) is 4.79 Å². The van der Waals surface area contributed by atoms with Crippen LogP contribution in [0.4, 0.5) is 4.39 Å². The van der Waals surface area contributed by atoms with Crippen molar-refractivity contribution in [1.29, 1.82) is 0 Å². The predicted molar refractivity (Wildman–Crippen MR) is 96.9 cm³/mol. The van der Waals surface area contributed by atoms with Crippen LogP contribution in [0.25, 0.3) is 0 Å². The van der Waals surface area contributed by atoms with Gasteiger partial charge in [0.25, 0.3) is 5.91 Å². The van der Waals surface area contributed by atoms with Crippen molar-refractivity contribution in [3.8, 4) is 0 Å². The first-order valence-electron chi connectivity index (χ1n) is 8.66. The number of benzene rings is 2. The van der Waals surface area contributed by atoms with Crippen LogP contribution in [-0.2, 0) is 11.2 Å². The van der Waals surface area contributed by atoms with Crippen molar-refractivity contribution in [2.24, 2.45) is 0 Å². The Bertz CT molecular complexity index is 819. The maximum atomic E-state index is 13.6. The zero-order valence-electron chi connectivity index (χ0n) is 14.4. The lowest BCUT2D eigenvalue weighted by Crippen LogP contribution is -2.87. The van der Waals surface area contributed by atoms with E-state index < -0.39 is 0 Å². The van der Waals surface area contributed by atoms with Gasteiger partial charge < -0.3 is 15.1 Å². The molecule has 3 N–H and O–H groups in total. The standard InChI is InChI=1S/C21H21FN2O2/c22-18-10-5-4-7-16(18)12-13-23-20(25)15-24-21(19-11-6-14-26-19)17-8-2-1-3-9-17/h1-11,14,21,24H,12-13,15H2,(H,23,25)/p+1/t21-/m1/s1. The Balaban J connectivity index is 1.52. The monoisotopic (exact) mass is 353 g/mol. The fraction of sp³-hybridized carbons (Fsp3) is 0.190. The average molecular weight is 353 g/mol. The van der Waals surface area contributed by atoms with Crippen molar-refractivity contribution in [2.45, 2.75) is 12.5 Å². The number of halogens is 1. The summed E-state index contributed by atoms with van der Waals surface area (Å²) in [5.41, 5.74) is 1.68. The molecule has 0 saturated heterocycles. The van der Waals surface area contributed by atoms with Crippen LogP contribution >= 0.6 is 0 Å². The number of furan rings is 1. The van der Waals surface area contributed by atoms with Gasteiger partial charge in [0.1, 0.15) is 5.82 Å². The largest absolute Gasteiger partial charge is 0.463 e. The van der Waals surface area contributed by atoms with Crippen molar-refractivity contribution in [3.63, 3.8) is 0 Å². The summed E-state index contributed by atoms with van der Waals surface area (Å²) in [6.45, 7) is 0.669. The van der Waals surface area contributed by atoms with E-state index in [9.17, 15) is 9.18 Å². The molecule has 2 aromatic carbocycles. The van der Waals surface area contributed by atoms with Crippen molar-refractivity contribution in [3.05, 3.63) is 95.7 Å². The molecule has 0 fully saturated rings. The highest BCUT2D eigenvalue weighted by Crippen LogP contribution is 2.18. The Labute approximate surface area is 152 Å². The molecule has 26 heavy (non-hydrogen) atoms. The van der Waals surface area contributed by atoms with Gasteiger partial charge in [-0.15, -0.1) is 0 Å². The Morgan fingerprint density at radius 2 is 1.81 bits per heavy atom. The number of amides is 1. The van der Waals surface area contributed by atoms with E-state index in [1.165, 1.54) is 6.07 Å². The zero-order valence-corrected chi connectivity index (χ0v) is 14.4. The molecule has 0 spiro atoms. The molecule has 0 unspecified atom stereocenters. The maximum Gasteiger partial charge on any atom is 0.275 e. The smallest absolute Gasteiger partial charge is 0.275 e. The lowest BCUT2D eigenvalue weighted by atomic mass is 10.0. The highest BCUT2D eigenvalue weighted by Gasteiger charge is 2.21. The second kappa shape index (κ2) is 8.97. The van der Waals surface area contributed by atoms with Crippen LogP contribution in [0.15, 0.2) is 77.4 Å². The number of nitrogens with two attached hydrogens (primary N) is 1. The van der Waals surface area contributed by atoms with Gasteiger partial charge in [0.05, 0.1) is 6.26 Å². The number of carbonyl (C=O) groups is 1. The van der Waals surface area contributed by atoms with Crippen LogP contribution in [0, 0.1) is 5.82 Å². The van der Waals surface area contributed by atoms with E-state index >= 15 is 0 Å².